The molecule has 0 saturated carbocycles. The van der Waals surface area contributed by atoms with Gasteiger partial charge in [-0.1, -0.05) is 32.0 Å². The lowest BCUT2D eigenvalue weighted by Crippen LogP contribution is -2.06. The SMILES string of the molecule is Cc1cc(CC(=O)O)c(C)n1-c1ccccc1C(C)C. The van der Waals surface area contributed by atoms with E-state index in [1.54, 1.807) is 0 Å². The molecule has 0 fully saturated rings. The molecular formula is C17H21NO2. The molecule has 20 heavy (non-hydrogen) atoms. The Morgan fingerprint density at radius 2 is 1.90 bits per heavy atom. The first kappa shape index (κ1) is 14.4. The van der Waals surface area contributed by atoms with Crippen molar-refractivity contribution in [3.63, 3.8) is 0 Å². The molecule has 0 bridgehead atoms. The molecule has 0 spiro atoms. The van der Waals surface area contributed by atoms with E-state index in [9.17, 15) is 4.79 Å². The zero-order chi connectivity index (χ0) is 14.9. The van der Waals surface area contributed by atoms with Gasteiger partial charge in [0.15, 0.2) is 0 Å². The van der Waals surface area contributed by atoms with Crippen LogP contribution in [0.1, 0.15) is 42.3 Å². The zero-order valence-electron chi connectivity index (χ0n) is 12.5. The first-order valence-corrected chi connectivity index (χ1v) is 6.90. The highest BCUT2D eigenvalue weighted by molar-refractivity contribution is 5.71. The Balaban J connectivity index is 2.59. The second kappa shape index (κ2) is 5.53. The Kier molecular flexibility index (Phi) is 3.98. The summed E-state index contributed by atoms with van der Waals surface area (Å²) >= 11 is 0. The van der Waals surface area contributed by atoms with Gasteiger partial charge in [-0.25, -0.2) is 0 Å². The van der Waals surface area contributed by atoms with Crippen molar-refractivity contribution < 1.29 is 9.90 Å². The highest BCUT2D eigenvalue weighted by Gasteiger charge is 2.15. The number of carbonyl (C=O) groups is 1. The quantitative estimate of drug-likeness (QED) is 0.918. The minimum atomic E-state index is -0.789. The molecule has 0 unspecified atom stereocenters. The van der Waals surface area contributed by atoms with Gasteiger partial charge in [0.2, 0.25) is 0 Å². The third kappa shape index (κ3) is 2.62. The first-order chi connectivity index (χ1) is 9.41. The summed E-state index contributed by atoms with van der Waals surface area (Å²) in [4.78, 5) is 10.9. The van der Waals surface area contributed by atoms with Gasteiger partial charge >= 0.3 is 5.97 Å². The molecule has 0 aliphatic heterocycles. The van der Waals surface area contributed by atoms with E-state index in [0.717, 1.165) is 22.6 Å². The molecular weight excluding hydrogens is 250 g/mol. The lowest BCUT2D eigenvalue weighted by atomic mass is 10.0. The van der Waals surface area contributed by atoms with Crippen LogP contribution in [0.2, 0.25) is 0 Å². The second-order valence-corrected chi connectivity index (χ2v) is 5.52. The lowest BCUT2D eigenvalue weighted by Gasteiger charge is -2.17. The molecule has 2 aromatic rings. The maximum absolute atomic E-state index is 10.9. The van der Waals surface area contributed by atoms with Crippen LogP contribution < -0.4 is 0 Å². The van der Waals surface area contributed by atoms with E-state index in [1.807, 2.05) is 32.0 Å². The normalized spacial score (nSPS) is 11.1. The second-order valence-electron chi connectivity index (χ2n) is 5.52. The van der Waals surface area contributed by atoms with Gasteiger partial charge in [0.1, 0.15) is 0 Å². The number of hydrogen-bond donors (Lipinski definition) is 1. The molecule has 2 rings (SSSR count). The predicted molar refractivity (Wildman–Crippen MR) is 80.7 cm³/mol. The van der Waals surface area contributed by atoms with Crippen LogP contribution in [-0.4, -0.2) is 15.6 Å². The summed E-state index contributed by atoms with van der Waals surface area (Å²) in [6.45, 7) is 8.36. The van der Waals surface area contributed by atoms with E-state index in [2.05, 4.69) is 30.5 Å². The fourth-order valence-electron chi connectivity index (χ4n) is 2.72. The topological polar surface area (TPSA) is 42.2 Å². The average molecular weight is 271 g/mol. The number of aliphatic carboxylic acids is 1. The van der Waals surface area contributed by atoms with Gasteiger partial charge in [0.05, 0.1) is 6.42 Å². The number of para-hydroxylation sites is 1. The number of carboxylic acid groups (broad SMARTS) is 1. The fraction of sp³-hybridized carbons (Fsp3) is 0.353. The van der Waals surface area contributed by atoms with E-state index < -0.39 is 5.97 Å². The van der Waals surface area contributed by atoms with E-state index in [0.29, 0.717) is 5.92 Å². The van der Waals surface area contributed by atoms with Crippen LogP contribution in [0.4, 0.5) is 0 Å². The van der Waals surface area contributed by atoms with Crippen LogP contribution in [0, 0.1) is 13.8 Å². The Bertz CT molecular complexity index is 638. The largest absolute Gasteiger partial charge is 0.481 e. The summed E-state index contributed by atoms with van der Waals surface area (Å²) in [6, 6.07) is 10.3. The number of benzene rings is 1. The van der Waals surface area contributed by atoms with Crippen molar-refractivity contribution in [2.24, 2.45) is 0 Å². The zero-order valence-corrected chi connectivity index (χ0v) is 12.5. The minimum Gasteiger partial charge on any atom is -0.481 e. The van der Waals surface area contributed by atoms with Crippen molar-refractivity contribution in [3.8, 4) is 5.69 Å². The highest BCUT2D eigenvalue weighted by Crippen LogP contribution is 2.27. The van der Waals surface area contributed by atoms with Crippen LogP contribution in [0.25, 0.3) is 5.69 Å². The van der Waals surface area contributed by atoms with Crippen molar-refractivity contribution in [2.45, 2.75) is 40.0 Å². The molecule has 106 valence electrons. The maximum atomic E-state index is 10.9. The van der Waals surface area contributed by atoms with Crippen molar-refractivity contribution in [2.75, 3.05) is 0 Å². The van der Waals surface area contributed by atoms with Gasteiger partial charge in [0, 0.05) is 17.1 Å². The summed E-state index contributed by atoms with van der Waals surface area (Å²) in [6.07, 6.45) is 0.0729. The Morgan fingerprint density at radius 1 is 1.25 bits per heavy atom. The van der Waals surface area contributed by atoms with Gasteiger partial charge in [-0.15, -0.1) is 0 Å². The van der Waals surface area contributed by atoms with Crippen molar-refractivity contribution in [1.82, 2.24) is 4.57 Å². The standard InChI is InChI=1S/C17H21NO2/c1-11(2)15-7-5-6-8-16(15)18-12(3)9-14(13(18)4)10-17(19)20/h5-9,11H,10H2,1-4H3,(H,19,20). The van der Waals surface area contributed by atoms with Crippen molar-refractivity contribution >= 4 is 5.97 Å². The maximum Gasteiger partial charge on any atom is 0.307 e. The summed E-state index contributed by atoms with van der Waals surface area (Å²) in [5.74, 6) is -0.363. The number of carboxylic acids is 1. The molecule has 0 amide bonds. The molecule has 0 aliphatic carbocycles. The Hall–Kier alpha value is -2.03. The van der Waals surface area contributed by atoms with Gasteiger partial charge in [-0.3, -0.25) is 4.79 Å². The smallest absolute Gasteiger partial charge is 0.307 e. The van der Waals surface area contributed by atoms with Crippen LogP contribution in [0.15, 0.2) is 30.3 Å². The summed E-state index contributed by atoms with van der Waals surface area (Å²) in [5.41, 5.74) is 5.39. The van der Waals surface area contributed by atoms with Crippen molar-refractivity contribution in [1.29, 1.82) is 0 Å². The lowest BCUT2D eigenvalue weighted by molar-refractivity contribution is -0.136. The number of aryl methyl sites for hydroxylation is 1. The summed E-state index contributed by atoms with van der Waals surface area (Å²) < 4.78 is 2.16. The third-order valence-corrected chi connectivity index (χ3v) is 3.68. The molecule has 1 aromatic heterocycles. The van der Waals surface area contributed by atoms with Gasteiger partial charge in [0.25, 0.3) is 0 Å². The molecule has 0 aliphatic rings. The van der Waals surface area contributed by atoms with Crippen LogP contribution >= 0.6 is 0 Å². The van der Waals surface area contributed by atoms with E-state index in [1.165, 1.54) is 5.56 Å². The van der Waals surface area contributed by atoms with E-state index >= 15 is 0 Å². The molecule has 3 nitrogen and oxygen atoms in total. The summed E-state index contributed by atoms with van der Waals surface area (Å²) in [7, 11) is 0. The molecule has 0 saturated heterocycles. The van der Waals surface area contributed by atoms with Gasteiger partial charge < -0.3 is 9.67 Å². The molecule has 1 heterocycles. The number of nitrogens with zero attached hydrogens (tertiary/aromatic N) is 1. The predicted octanol–water partition coefficient (Wildman–Crippen LogP) is 3.84. The number of hydrogen-bond acceptors (Lipinski definition) is 1. The molecule has 3 heteroatoms. The van der Waals surface area contributed by atoms with Gasteiger partial charge in [-0.05, 0) is 43.0 Å². The third-order valence-electron chi connectivity index (χ3n) is 3.68. The van der Waals surface area contributed by atoms with E-state index in [4.69, 9.17) is 5.11 Å². The molecule has 0 radical (unpaired) electrons. The van der Waals surface area contributed by atoms with E-state index in [-0.39, 0.29) is 6.42 Å². The summed E-state index contributed by atoms with van der Waals surface area (Å²) in [5, 5.41) is 9.00. The number of aromatic nitrogens is 1. The van der Waals surface area contributed by atoms with Crippen LogP contribution in [0.5, 0.6) is 0 Å². The Labute approximate surface area is 119 Å². The molecule has 1 aromatic carbocycles. The van der Waals surface area contributed by atoms with Crippen molar-refractivity contribution in [3.05, 3.63) is 52.8 Å². The average Bonchev–Trinajstić information content (AvgIpc) is 2.63. The van der Waals surface area contributed by atoms with Gasteiger partial charge in [-0.2, -0.15) is 0 Å². The molecule has 0 atom stereocenters. The number of rotatable bonds is 4. The van der Waals surface area contributed by atoms with Crippen LogP contribution in [-0.2, 0) is 11.2 Å². The van der Waals surface area contributed by atoms with Crippen LogP contribution in [0.3, 0.4) is 0 Å². The molecule has 1 N–H and O–H groups in total. The first-order valence-electron chi connectivity index (χ1n) is 6.90. The monoisotopic (exact) mass is 271 g/mol. The Morgan fingerprint density at radius 3 is 2.50 bits per heavy atom. The highest BCUT2D eigenvalue weighted by atomic mass is 16.4. The minimum absolute atomic E-state index is 0.0729. The fourth-order valence-corrected chi connectivity index (χ4v) is 2.72.